The Morgan fingerprint density at radius 2 is 1.63 bits per heavy atom. The Morgan fingerprint density at radius 1 is 0.971 bits per heavy atom. The number of benzene rings is 1. The van der Waals surface area contributed by atoms with Crippen LogP contribution in [0.3, 0.4) is 0 Å². The van der Waals surface area contributed by atoms with Crippen LogP contribution in [0.15, 0.2) is 18.2 Å². The van der Waals surface area contributed by atoms with E-state index in [0.29, 0.717) is 12.8 Å². The van der Waals surface area contributed by atoms with Gasteiger partial charge in [-0.05, 0) is 84.9 Å². The first-order valence-electron chi connectivity index (χ1n) is 12.2. The van der Waals surface area contributed by atoms with Gasteiger partial charge < -0.3 is 19.0 Å². The van der Waals surface area contributed by atoms with Crippen LogP contribution in [0.4, 0.5) is 9.59 Å². The van der Waals surface area contributed by atoms with E-state index in [4.69, 9.17) is 19.0 Å². The Bertz CT molecular complexity index is 852. The number of carbonyl (C=O) groups excluding carboxylic acids is 3. The highest BCUT2D eigenvalue weighted by Gasteiger charge is 2.30. The largest absolute Gasteiger partial charge is 0.534 e. The molecule has 0 aliphatic heterocycles. The summed E-state index contributed by atoms with van der Waals surface area (Å²) < 4.78 is 16.1. The Labute approximate surface area is 210 Å². The van der Waals surface area contributed by atoms with Crippen molar-refractivity contribution < 1.29 is 33.4 Å². The molecule has 1 unspecified atom stereocenters. The van der Waals surface area contributed by atoms with Gasteiger partial charge in [-0.25, -0.2) is 9.59 Å². The molecule has 1 rings (SSSR count). The third-order valence-electron chi connectivity index (χ3n) is 5.08. The molecule has 0 fully saturated rings. The number of nitrogens with zero attached hydrogens (tertiary/aromatic N) is 1. The van der Waals surface area contributed by atoms with Gasteiger partial charge in [0, 0.05) is 5.92 Å². The zero-order chi connectivity index (χ0) is 26.8. The molecule has 0 saturated heterocycles. The molecule has 0 aliphatic carbocycles. The monoisotopic (exact) mass is 493 g/mol. The quantitative estimate of drug-likeness (QED) is 0.176. The highest BCUT2D eigenvalue weighted by molar-refractivity contribution is 5.75. The predicted molar refractivity (Wildman–Crippen MR) is 134 cm³/mol. The van der Waals surface area contributed by atoms with Gasteiger partial charge in [-0.1, -0.05) is 31.5 Å². The number of carbonyl (C=O) groups is 3. The molecule has 1 atom stereocenters. The topological polar surface area (TPSA) is 91.4 Å². The predicted octanol–water partition coefficient (Wildman–Crippen LogP) is 6.16. The van der Waals surface area contributed by atoms with Crippen LogP contribution in [0.25, 0.3) is 0 Å². The number of hydrogen-bond acceptors (Lipinski definition) is 7. The molecule has 0 spiro atoms. The van der Waals surface area contributed by atoms with Crippen LogP contribution in [0.5, 0.6) is 0 Å². The molecule has 8 nitrogen and oxygen atoms in total. The van der Waals surface area contributed by atoms with Gasteiger partial charge in [0.2, 0.25) is 0 Å². The second-order valence-corrected chi connectivity index (χ2v) is 10.9. The summed E-state index contributed by atoms with van der Waals surface area (Å²) >= 11 is 0. The summed E-state index contributed by atoms with van der Waals surface area (Å²) in [6.45, 7) is 16.7. The van der Waals surface area contributed by atoms with E-state index in [1.165, 1.54) is 5.56 Å². The molecule has 0 heterocycles. The van der Waals surface area contributed by atoms with Gasteiger partial charge >= 0.3 is 18.2 Å². The molecule has 1 amide bonds. The second-order valence-electron chi connectivity index (χ2n) is 10.9. The summed E-state index contributed by atoms with van der Waals surface area (Å²) in [4.78, 5) is 42.8. The maximum Gasteiger partial charge on any atom is 0.534 e. The van der Waals surface area contributed by atoms with Crippen LogP contribution >= 0.6 is 0 Å². The van der Waals surface area contributed by atoms with Gasteiger partial charge in [0.25, 0.3) is 0 Å². The van der Waals surface area contributed by atoms with Crippen LogP contribution in [-0.4, -0.2) is 48.6 Å². The standard InChI is InChI=1S/C27H43NO7/c1-10-11-14-32-24(30)28(35-25(31)34-27(7,8)9)17-22(18-33-23(29)26(4,5)6)16-21-13-12-19(2)20(3)15-21/h12-13,15,22H,10-11,14,16-18H2,1-9H3. The van der Waals surface area contributed by atoms with E-state index < -0.39 is 23.3 Å². The van der Waals surface area contributed by atoms with Crippen LogP contribution < -0.4 is 0 Å². The van der Waals surface area contributed by atoms with Crippen LogP contribution in [0.2, 0.25) is 0 Å². The van der Waals surface area contributed by atoms with Crippen molar-refractivity contribution in [3.63, 3.8) is 0 Å². The molecule has 8 heteroatoms. The van der Waals surface area contributed by atoms with Crippen molar-refractivity contribution in [2.45, 2.75) is 87.2 Å². The highest BCUT2D eigenvalue weighted by atomic mass is 16.8. The number of esters is 1. The van der Waals surface area contributed by atoms with Crippen molar-refractivity contribution >= 4 is 18.2 Å². The first kappa shape index (κ1) is 30.3. The zero-order valence-corrected chi connectivity index (χ0v) is 22.9. The average Bonchev–Trinajstić information content (AvgIpc) is 2.71. The molecule has 1 aromatic rings. The minimum absolute atomic E-state index is 0.0332. The van der Waals surface area contributed by atoms with Crippen molar-refractivity contribution in [2.75, 3.05) is 19.8 Å². The van der Waals surface area contributed by atoms with Crippen LogP contribution in [0.1, 0.15) is 78.0 Å². The molecule has 0 saturated carbocycles. The summed E-state index contributed by atoms with van der Waals surface area (Å²) in [6, 6.07) is 6.09. The third kappa shape index (κ3) is 12.0. The number of ether oxygens (including phenoxy) is 3. The fourth-order valence-corrected chi connectivity index (χ4v) is 2.97. The number of aryl methyl sites for hydroxylation is 2. The van der Waals surface area contributed by atoms with E-state index in [1.807, 2.05) is 32.9 Å². The number of hydrogen-bond donors (Lipinski definition) is 0. The minimum Gasteiger partial charge on any atom is -0.465 e. The molecule has 35 heavy (non-hydrogen) atoms. The van der Waals surface area contributed by atoms with E-state index >= 15 is 0 Å². The average molecular weight is 494 g/mol. The first-order valence-corrected chi connectivity index (χ1v) is 12.2. The van der Waals surface area contributed by atoms with Crippen molar-refractivity contribution in [3.05, 3.63) is 34.9 Å². The maximum absolute atomic E-state index is 12.8. The highest BCUT2D eigenvalue weighted by Crippen LogP contribution is 2.20. The van der Waals surface area contributed by atoms with Gasteiger partial charge in [0.05, 0.1) is 25.2 Å². The number of amides is 1. The Balaban J connectivity index is 3.12. The number of unbranched alkanes of at least 4 members (excludes halogenated alkanes) is 1. The molecule has 0 aliphatic rings. The Kier molecular flexibility index (Phi) is 11.5. The normalized spacial score (nSPS) is 12.5. The number of hydroxylamine groups is 2. The molecule has 1 aromatic carbocycles. The van der Waals surface area contributed by atoms with Crippen molar-refractivity contribution in [3.8, 4) is 0 Å². The second kappa shape index (κ2) is 13.4. The lowest BCUT2D eigenvalue weighted by atomic mass is 9.96. The third-order valence-corrected chi connectivity index (χ3v) is 5.08. The Hall–Kier alpha value is -2.77. The van der Waals surface area contributed by atoms with Gasteiger partial charge in [-0.2, -0.15) is 0 Å². The molecule has 0 aromatic heterocycles. The van der Waals surface area contributed by atoms with E-state index in [2.05, 4.69) is 6.07 Å². The van der Waals surface area contributed by atoms with E-state index in [0.717, 1.165) is 22.6 Å². The van der Waals surface area contributed by atoms with Gasteiger partial charge in [-0.15, -0.1) is 5.06 Å². The molecule has 0 bridgehead atoms. The zero-order valence-electron chi connectivity index (χ0n) is 22.9. The SMILES string of the molecule is CCCCOC(=O)N(CC(COC(=O)C(C)(C)C)Cc1ccc(C)c(C)c1)OC(=O)OC(C)(C)C. The smallest absolute Gasteiger partial charge is 0.465 e. The Morgan fingerprint density at radius 3 is 2.17 bits per heavy atom. The van der Waals surface area contributed by atoms with Crippen molar-refractivity contribution in [1.29, 1.82) is 0 Å². The lowest BCUT2D eigenvalue weighted by Gasteiger charge is -2.27. The molecular formula is C27H43NO7. The summed E-state index contributed by atoms with van der Waals surface area (Å²) in [5.41, 5.74) is 1.85. The fraction of sp³-hybridized carbons (Fsp3) is 0.667. The molecule has 198 valence electrons. The van der Waals surface area contributed by atoms with Crippen LogP contribution in [0, 0.1) is 25.2 Å². The molecule has 0 radical (unpaired) electrons. The van der Waals surface area contributed by atoms with Crippen molar-refractivity contribution in [2.24, 2.45) is 11.3 Å². The number of rotatable bonds is 9. The molecular weight excluding hydrogens is 450 g/mol. The maximum atomic E-state index is 12.8. The van der Waals surface area contributed by atoms with E-state index in [-0.39, 0.29) is 31.6 Å². The van der Waals surface area contributed by atoms with E-state index in [9.17, 15) is 14.4 Å². The lowest BCUT2D eigenvalue weighted by Crippen LogP contribution is -2.41. The summed E-state index contributed by atoms with van der Waals surface area (Å²) in [7, 11) is 0. The summed E-state index contributed by atoms with van der Waals surface area (Å²) in [5, 5.41) is 0.861. The van der Waals surface area contributed by atoms with Gasteiger partial charge in [-0.3, -0.25) is 4.79 Å². The lowest BCUT2D eigenvalue weighted by molar-refractivity contribution is -0.158. The van der Waals surface area contributed by atoms with Gasteiger partial charge in [0.1, 0.15) is 5.60 Å². The first-order chi connectivity index (χ1) is 16.1. The fourth-order valence-electron chi connectivity index (χ4n) is 2.97. The van der Waals surface area contributed by atoms with Crippen LogP contribution in [-0.2, 0) is 30.3 Å². The minimum atomic E-state index is -1.01. The molecule has 0 N–H and O–H groups in total. The summed E-state index contributed by atoms with van der Waals surface area (Å²) in [5.74, 6) is -0.711. The van der Waals surface area contributed by atoms with Gasteiger partial charge in [0.15, 0.2) is 0 Å². The summed E-state index contributed by atoms with van der Waals surface area (Å²) in [6.07, 6.45) is 0.215. The van der Waals surface area contributed by atoms with Crippen molar-refractivity contribution in [1.82, 2.24) is 5.06 Å². The van der Waals surface area contributed by atoms with E-state index in [1.54, 1.807) is 41.5 Å².